The molecule has 2 heterocycles. The summed E-state index contributed by atoms with van der Waals surface area (Å²) in [7, 11) is 2.08. The second-order valence-electron chi connectivity index (χ2n) is 5.78. The lowest BCUT2D eigenvalue weighted by Crippen LogP contribution is -2.46. The minimum Gasteiger partial charge on any atom is -0.341 e. The number of nitrogens with one attached hydrogen (secondary N) is 2. The molecule has 4 heteroatoms. The van der Waals surface area contributed by atoms with Crippen LogP contribution in [0.2, 0.25) is 0 Å². The molecule has 0 unspecified atom stereocenters. The molecule has 2 aromatic heterocycles. The summed E-state index contributed by atoms with van der Waals surface area (Å²) in [4.78, 5) is 12.5. The summed E-state index contributed by atoms with van der Waals surface area (Å²) in [6.07, 6.45) is 7.46. The zero-order valence-electron chi connectivity index (χ0n) is 11.8. The summed E-state index contributed by atoms with van der Waals surface area (Å²) in [5.41, 5.74) is 3.13. The molecule has 2 aromatic rings. The fraction of sp³-hybridized carbons (Fsp3) is 0.600. The van der Waals surface area contributed by atoms with E-state index < -0.39 is 0 Å². The first-order chi connectivity index (χ1) is 9.21. The molecule has 4 nitrogen and oxygen atoms in total. The number of aryl methyl sites for hydroxylation is 1. The number of rotatable bonds is 3. The van der Waals surface area contributed by atoms with E-state index in [0.717, 1.165) is 29.1 Å². The molecule has 0 spiro atoms. The summed E-state index contributed by atoms with van der Waals surface area (Å²) in [5.74, 6) is 1.06. The van der Waals surface area contributed by atoms with Crippen LogP contribution in [0.25, 0.3) is 11.2 Å². The number of H-pyrrole nitrogens is 1. The van der Waals surface area contributed by atoms with E-state index in [2.05, 4.69) is 33.4 Å². The number of aromatic amines is 1. The molecule has 3 rings (SSSR count). The van der Waals surface area contributed by atoms with Gasteiger partial charge in [-0.25, -0.2) is 9.97 Å². The molecule has 0 aromatic carbocycles. The average Bonchev–Trinajstić information content (AvgIpc) is 2.81. The largest absolute Gasteiger partial charge is 0.341 e. The SMILES string of the molecule is CNC1(Cc2nc3nc(C)ccc3[nH]2)CCCCC1. The van der Waals surface area contributed by atoms with Crippen LogP contribution in [-0.4, -0.2) is 27.5 Å². The topological polar surface area (TPSA) is 53.6 Å². The van der Waals surface area contributed by atoms with Crippen molar-refractivity contribution in [2.75, 3.05) is 7.05 Å². The predicted octanol–water partition coefficient (Wildman–Crippen LogP) is 2.73. The zero-order valence-corrected chi connectivity index (χ0v) is 11.8. The molecule has 0 aliphatic heterocycles. The number of nitrogens with zero attached hydrogens (tertiary/aromatic N) is 2. The Hall–Kier alpha value is -1.42. The van der Waals surface area contributed by atoms with Crippen LogP contribution in [0, 0.1) is 6.92 Å². The van der Waals surface area contributed by atoms with Gasteiger partial charge < -0.3 is 10.3 Å². The van der Waals surface area contributed by atoms with Gasteiger partial charge in [0.15, 0.2) is 5.65 Å². The van der Waals surface area contributed by atoms with Crippen molar-refractivity contribution in [1.82, 2.24) is 20.3 Å². The van der Waals surface area contributed by atoms with Crippen molar-refractivity contribution in [2.24, 2.45) is 0 Å². The Kier molecular flexibility index (Phi) is 3.27. The summed E-state index contributed by atoms with van der Waals surface area (Å²) in [5, 5.41) is 3.54. The Bertz CT molecular complexity index is 567. The lowest BCUT2D eigenvalue weighted by atomic mass is 9.79. The van der Waals surface area contributed by atoms with Crippen LogP contribution in [0.5, 0.6) is 0 Å². The van der Waals surface area contributed by atoms with Gasteiger partial charge in [-0.1, -0.05) is 19.3 Å². The molecular formula is C15H22N4. The first-order valence-electron chi connectivity index (χ1n) is 7.22. The number of aromatic nitrogens is 3. The van der Waals surface area contributed by atoms with Gasteiger partial charge in [0.05, 0.1) is 5.52 Å². The molecule has 1 fully saturated rings. The number of imidazole rings is 1. The number of hydrogen-bond donors (Lipinski definition) is 2. The lowest BCUT2D eigenvalue weighted by Gasteiger charge is -2.36. The van der Waals surface area contributed by atoms with Crippen LogP contribution in [0.4, 0.5) is 0 Å². The maximum Gasteiger partial charge on any atom is 0.177 e. The second-order valence-corrected chi connectivity index (χ2v) is 5.78. The van der Waals surface area contributed by atoms with Gasteiger partial charge in [-0.3, -0.25) is 0 Å². The molecular weight excluding hydrogens is 236 g/mol. The highest BCUT2D eigenvalue weighted by Gasteiger charge is 2.31. The van der Waals surface area contributed by atoms with Crippen molar-refractivity contribution in [1.29, 1.82) is 0 Å². The molecule has 0 saturated heterocycles. The van der Waals surface area contributed by atoms with Crippen LogP contribution in [0.1, 0.15) is 43.6 Å². The van der Waals surface area contributed by atoms with Crippen LogP contribution in [0.3, 0.4) is 0 Å². The Morgan fingerprint density at radius 1 is 1.21 bits per heavy atom. The van der Waals surface area contributed by atoms with E-state index in [1.165, 1.54) is 32.1 Å². The van der Waals surface area contributed by atoms with Crippen LogP contribution >= 0.6 is 0 Å². The number of hydrogen-bond acceptors (Lipinski definition) is 3. The Morgan fingerprint density at radius 3 is 2.74 bits per heavy atom. The third-order valence-electron chi connectivity index (χ3n) is 4.38. The van der Waals surface area contributed by atoms with Crippen molar-refractivity contribution in [2.45, 2.75) is 51.0 Å². The molecule has 19 heavy (non-hydrogen) atoms. The van der Waals surface area contributed by atoms with Gasteiger partial charge in [0.2, 0.25) is 0 Å². The van der Waals surface area contributed by atoms with E-state index in [1.807, 2.05) is 13.0 Å². The van der Waals surface area contributed by atoms with Gasteiger partial charge in [-0.05, 0) is 38.9 Å². The molecule has 0 radical (unpaired) electrons. The van der Waals surface area contributed by atoms with Gasteiger partial charge in [-0.15, -0.1) is 0 Å². The second kappa shape index (κ2) is 4.93. The summed E-state index contributed by atoms with van der Waals surface area (Å²) in [6, 6.07) is 4.10. The Balaban J connectivity index is 1.87. The summed E-state index contributed by atoms with van der Waals surface area (Å²) in [6.45, 7) is 2.00. The maximum atomic E-state index is 4.65. The summed E-state index contributed by atoms with van der Waals surface area (Å²) < 4.78 is 0. The normalized spacial score (nSPS) is 18.8. The first-order valence-corrected chi connectivity index (χ1v) is 7.22. The molecule has 0 bridgehead atoms. The van der Waals surface area contributed by atoms with Gasteiger partial charge in [0, 0.05) is 17.7 Å². The lowest BCUT2D eigenvalue weighted by molar-refractivity contribution is 0.241. The number of pyridine rings is 1. The smallest absolute Gasteiger partial charge is 0.177 e. The number of likely N-dealkylation sites (N-methyl/N-ethyl adjacent to an activating group) is 1. The fourth-order valence-electron chi connectivity index (χ4n) is 3.19. The Morgan fingerprint density at radius 2 is 2.00 bits per heavy atom. The molecule has 1 saturated carbocycles. The van der Waals surface area contributed by atoms with E-state index >= 15 is 0 Å². The van der Waals surface area contributed by atoms with E-state index in [1.54, 1.807) is 0 Å². The van der Waals surface area contributed by atoms with Gasteiger partial charge in [0.25, 0.3) is 0 Å². The van der Waals surface area contributed by atoms with Crippen LogP contribution in [-0.2, 0) is 6.42 Å². The quantitative estimate of drug-likeness (QED) is 0.890. The maximum absolute atomic E-state index is 4.65. The predicted molar refractivity (Wildman–Crippen MR) is 77.2 cm³/mol. The van der Waals surface area contributed by atoms with Gasteiger partial charge in [-0.2, -0.15) is 0 Å². The van der Waals surface area contributed by atoms with Crippen molar-refractivity contribution in [3.05, 3.63) is 23.7 Å². The van der Waals surface area contributed by atoms with Crippen molar-refractivity contribution in [3.8, 4) is 0 Å². The first kappa shape index (κ1) is 12.6. The average molecular weight is 258 g/mol. The summed E-state index contributed by atoms with van der Waals surface area (Å²) >= 11 is 0. The van der Waals surface area contributed by atoms with Crippen molar-refractivity contribution < 1.29 is 0 Å². The van der Waals surface area contributed by atoms with Crippen LogP contribution < -0.4 is 5.32 Å². The zero-order chi connectivity index (χ0) is 13.3. The highest BCUT2D eigenvalue weighted by Crippen LogP contribution is 2.30. The monoisotopic (exact) mass is 258 g/mol. The molecule has 102 valence electrons. The van der Waals surface area contributed by atoms with E-state index in [-0.39, 0.29) is 5.54 Å². The molecule has 1 aliphatic carbocycles. The molecule has 2 N–H and O–H groups in total. The van der Waals surface area contributed by atoms with Crippen molar-refractivity contribution in [3.63, 3.8) is 0 Å². The minimum atomic E-state index is 0.223. The number of fused-ring (bicyclic) bond motifs is 1. The Labute approximate surface area is 114 Å². The van der Waals surface area contributed by atoms with Gasteiger partial charge >= 0.3 is 0 Å². The standard InChI is InChI=1S/C15H22N4/c1-11-6-7-12-14(17-11)19-13(18-12)10-15(16-2)8-4-3-5-9-15/h6-7,16H,3-5,8-10H2,1-2H3,(H,17,18,19). The molecule has 0 atom stereocenters. The van der Waals surface area contributed by atoms with Crippen LogP contribution in [0.15, 0.2) is 12.1 Å². The highest BCUT2D eigenvalue weighted by atomic mass is 15.0. The molecule has 1 aliphatic rings. The molecule has 0 amide bonds. The minimum absolute atomic E-state index is 0.223. The fourth-order valence-corrected chi connectivity index (χ4v) is 3.19. The van der Waals surface area contributed by atoms with Gasteiger partial charge in [0.1, 0.15) is 5.82 Å². The highest BCUT2D eigenvalue weighted by molar-refractivity contribution is 5.70. The van der Waals surface area contributed by atoms with E-state index in [4.69, 9.17) is 0 Å². The van der Waals surface area contributed by atoms with E-state index in [0.29, 0.717) is 0 Å². The van der Waals surface area contributed by atoms with E-state index in [9.17, 15) is 0 Å². The third-order valence-corrected chi connectivity index (χ3v) is 4.38. The van der Waals surface area contributed by atoms with Crippen molar-refractivity contribution >= 4 is 11.2 Å². The third kappa shape index (κ3) is 2.50.